The van der Waals surface area contributed by atoms with Crippen LogP contribution in [0.15, 0.2) is 16.8 Å². The Bertz CT molecular complexity index is 660. The van der Waals surface area contributed by atoms with Crippen molar-refractivity contribution in [3.8, 4) is 0 Å². The van der Waals surface area contributed by atoms with Crippen molar-refractivity contribution >= 4 is 28.6 Å². The fourth-order valence-electron chi connectivity index (χ4n) is 2.96. The highest BCUT2D eigenvalue weighted by Gasteiger charge is 2.21. The molecule has 138 valence electrons. The summed E-state index contributed by atoms with van der Waals surface area (Å²) in [6, 6.07) is 2.37. The van der Waals surface area contributed by atoms with Crippen molar-refractivity contribution in [2.45, 2.75) is 47.1 Å². The third-order valence-electron chi connectivity index (χ3n) is 4.27. The Morgan fingerprint density at radius 3 is 2.60 bits per heavy atom. The largest absolute Gasteiger partial charge is 0.349 e. The van der Waals surface area contributed by atoms with E-state index < -0.39 is 0 Å². The molecule has 0 fully saturated rings. The second-order valence-corrected chi connectivity index (χ2v) is 8.49. The van der Waals surface area contributed by atoms with Crippen LogP contribution in [-0.4, -0.2) is 35.4 Å². The molecule has 1 atom stereocenters. The number of hydrogen-bond acceptors (Lipinski definition) is 5. The summed E-state index contributed by atoms with van der Waals surface area (Å²) in [4.78, 5) is 20.4. The summed E-state index contributed by atoms with van der Waals surface area (Å²) in [7, 11) is 0. The molecule has 0 saturated heterocycles. The van der Waals surface area contributed by atoms with E-state index >= 15 is 0 Å². The van der Waals surface area contributed by atoms with Gasteiger partial charge in [-0.2, -0.15) is 11.3 Å². The zero-order valence-corrected chi connectivity index (χ0v) is 17.5. The van der Waals surface area contributed by atoms with Crippen molar-refractivity contribution in [2.24, 2.45) is 5.92 Å². The predicted octanol–water partition coefficient (Wildman–Crippen LogP) is 4.52. The van der Waals surface area contributed by atoms with Gasteiger partial charge in [-0.1, -0.05) is 27.7 Å². The van der Waals surface area contributed by atoms with Gasteiger partial charge in [0.05, 0.1) is 16.7 Å². The van der Waals surface area contributed by atoms with Crippen LogP contribution >= 0.6 is 22.7 Å². The summed E-state index contributed by atoms with van der Waals surface area (Å²) >= 11 is 3.23. The van der Waals surface area contributed by atoms with Gasteiger partial charge in [-0.25, -0.2) is 4.98 Å². The molecular weight excluding hydrogens is 350 g/mol. The first-order valence-electron chi connectivity index (χ1n) is 8.96. The van der Waals surface area contributed by atoms with Crippen molar-refractivity contribution in [3.63, 3.8) is 0 Å². The molecule has 1 N–H and O–H groups in total. The minimum atomic E-state index is -0.00241. The molecule has 0 bridgehead atoms. The number of amides is 1. The molecule has 2 aromatic heterocycles. The summed E-state index contributed by atoms with van der Waals surface area (Å²) < 4.78 is 0. The first kappa shape index (κ1) is 20.1. The van der Waals surface area contributed by atoms with Gasteiger partial charge in [-0.3, -0.25) is 9.69 Å². The van der Waals surface area contributed by atoms with E-state index in [9.17, 15) is 4.79 Å². The summed E-state index contributed by atoms with van der Waals surface area (Å²) in [5.74, 6) is 0.546. The number of aromatic nitrogens is 1. The molecule has 0 radical (unpaired) electrons. The van der Waals surface area contributed by atoms with Crippen LogP contribution in [-0.2, 0) is 6.42 Å². The summed E-state index contributed by atoms with van der Waals surface area (Å²) in [5.41, 5.74) is 2.11. The Morgan fingerprint density at radius 1 is 1.32 bits per heavy atom. The van der Waals surface area contributed by atoms with E-state index in [0.717, 1.165) is 35.1 Å². The molecule has 0 aliphatic heterocycles. The number of carbonyl (C=O) groups excluding carboxylic acids is 1. The van der Waals surface area contributed by atoms with Crippen LogP contribution in [0.25, 0.3) is 0 Å². The predicted molar refractivity (Wildman–Crippen MR) is 108 cm³/mol. The molecular formula is C19H29N3OS2. The third-order valence-corrected chi connectivity index (χ3v) is 6.15. The number of thiophene rings is 1. The van der Waals surface area contributed by atoms with Gasteiger partial charge in [0, 0.05) is 13.0 Å². The molecule has 25 heavy (non-hydrogen) atoms. The quantitative estimate of drug-likeness (QED) is 0.696. The van der Waals surface area contributed by atoms with Crippen molar-refractivity contribution < 1.29 is 4.79 Å². The maximum absolute atomic E-state index is 12.7. The number of aryl methyl sites for hydroxylation is 1. The highest BCUT2D eigenvalue weighted by molar-refractivity contribution is 7.13. The van der Waals surface area contributed by atoms with Gasteiger partial charge in [0.25, 0.3) is 5.91 Å². The van der Waals surface area contributed by atoms with E-state index in [1.807, 2.05) is 6.92 Å². The zero-order valence-electron chi connectivity index (χ0n) is 15.8. The van der Waals surface area contributed by atoms with E-state index in [1.165, 1.54) is 16.9 Å². The molecule has 0 aliphatic carbocycles. The lowest BCUT2D eigenvalue weighted by atomic mass is 10.1. The number of nitrogens with one attached hydrogen (secondary N) is 1. The van der Waals surface area contributed by atoms with Crippen LogP contribution in [0.3, 0.4) is 0 Å². The minimum Gasteiger partial charge on any atom is -0.349 e. The van der Waals surface area contributed by atoms with Crippen molar-refractivity contribution in [3.05, 3.63) is 38.0 Å². The second kappa shape index (κ2) is 9.46. The van der Waals surface area contributed by atoms with Crippen LogP contribution in [0.5, 0.6) is 0 Å². The van der Waals surface area contributed by atoms with Gasteiger partial charge in [0.15, 0.2) is 0 Å². The molecule has 2 heterocycles. The highest BCUT2D eigenvalue weighted by atomic mass is 32.1. The van der Waals surface area contributed by atoms with Gasteiger partial charge < -0.3 is 5.32 Å². The Labute approximate surface area is 159 Å². The van der Waals surface area contributed by atoms with Crippen LogP contribution < -0.4 is 5.32 Å². The third kappa shape index (κ3) is 5.36. The molecule has 0 aromatic carbocycles. The second-order valence-electron chi connectivity index (χ2n) is 6.62. The average molecular weight is 380 g/mol. The molecule has 4 nitrogen and oxygen atoms in total. The molecule has 0 saturated carbocycles. The molecule has 1 amide bonds. The first-order valence-corrected chi connectivity index (χ1v) is 10.7. The van der Waals surface area contributed by atoms with Crippen molar-refractivity contribution in [1.82, 2.24) is 15.2 Å². The van der Waals surface area contributed by atoms with Crippen molar-refractivity contribution in [2.75, 3.05) is 19.6 Å². The Morgan fingerprint density at radius 2 is 2.04 bits per heavy atom. The standard InChI is InChI=1S/C19H29N3OS2/c1-6-22(7-2)16(15-8-9-24-12-15)11-20-19(23)18-14(5)21-17(25-18)10-13(3)4/h8-9,12-13,16H,6-7,10-11H2,1-5H3,(H,20,23). The number of likely N-dealkylation sites (N-methyl/N-ethyl adjacent to an activating group) is 1. The highest BCUT2D eigenvalue weighted by Crippen LogP contribution is 2.24. The molecule has 0 aliphatic rings. The fourth-order valence-corrected chi connectivity index (χ4v) is 4.86. The average Bonchev–Trinajstić information content (AvgIpc) is 3.20. The lowest BCUT2D eigenvalue weighted by Crippen LogP contribution is -2.37. The van der Waals surface area contributed by atoms with Gasteiger partial charge in [-0.15, -0.1) is 11.3 Å². The van der Waals surface area contributed by atoms with E-state index in [-0.39, 0.29) is 11.9 Å². The van der Waals surface area contributed by atoms with Crippen molar-refractivity contribution in [1.29, 1.82) is 0 Å². The van der Waals surface area contributed by atoms with Gasteiger partial charge in [0.1, 0.15) is 4.88 Å². The SMILES string of the molecule is CCN(CC)C(CNC(=O)c1sc(CC(C)C)nc1C)c1ccsc1. The van der Waals surface area contributed by atoms with E-state index in [2.05, 4.69) is 59.7 Å². The lowest BCUT2D eigenvalue weighted by molar-refractivity contribution is 0.0938. The maximum Gasteiger partial charge on any atom is 0.263 e. The van der Waals surface area contributed by atoms with E-state index in [4.69, 9.17) is 0 Å². The summed E-state index contributed by atoms with van der Waals surface area (Å²) in [6.07, 6.45) is 0.926. The first-order chi connectivity index (χ1) is 12.0. The zero-order chi connectivity index (χ0) is 18.4. The topological polar surface area (TPSA) is 45.2 Å². The van der Waals surface area contributed by atoms with Crippen LogP contribution in [0.2, 0.25) is 0 Å². The number of carbonyl (C=O) groups is 1. The Hall–Kier alpha value is -1.24. The molecule has 6 heteroatoms. The molecule has 2 aromatic rings. The van der Waals surface area contributed by atoms with Crippen LogP contribution in [0.1, 0.15) is 59.7 Å². The molecule has 1 unspecified atom stereocenters. The molecule has 0 spiro atoms. The maximum atomic E-state index is 12.7. The Kier molecular flexibility index (Phi) is 7.59. The van der Waals surface area contributed by atoms with Gasteiger partial charge in [-0.05, 0) is 48.3 Å². The minimum absolute atomic E-state index is 0.00241. The number of hydrogen-bond donors (Lipinski definition) is 1. The number of nitrogens with zero attached hydrogens (tertiary/aromatic N) is 2. The monoisotopic (exact) mass is 379 g/mol. The van der Waals surface area contributed by atoms with E-state index in [0.29, 0.717) is 12.5 Å². The Balaban J connectivity index is 2.07. The smallest absolute Gasteiger partial charge is 0.263 e. The van der Waals surface area contributed by atoms with Gasteiger partial charge >= 0.3 is 0 Å². The fraction of sp³-hybridized carbons (Fsp3) is 0.579. The number of rotatable bonds is 9. The normalized spacial score (nSPS) is 12.8. The summed E-state index contributed by atoms with van der Waals surface area (Å²) in [5, 5.41) is 8.46. The summed E-state index contributed by atoms with van der Waals surface area (Å²) in [6.45, 7) is 13.1. The lowest BCUT2D eigenvalue weighted by Gasteiger charge is -2.29. The van der Waals surface area contributed by atoms with E-state index in [1.54, 1.807) is 11.3 Å². The molecule has 2 rings (SSSR count). The van der Waals surface area contributed by atoms with Crippen LogP contribution in [0.4, 0.5) is 0 Å². The number of thiazole rings is 1. The van der Waals surface area contributed by atoms with Crippen LogP contribution in [0, 0.1) is 12.8 Å². The van der Waals surface area contributed by atoms with Gasteiger partial charge in [0.2, 0.25) is 0 Å².